The van der Waals surface area contributed by atoms with Gasteiger partial charge in [-0.25, -0.2) is 0 Å². The van der Waals surface area contributed by atoms with Crippen LogP contribution in [0.4, 0.5) is 0 Å². The van der Waals surface area contributed by atoms with Gasteiger partial charge in [-0.15, -0.1) is 0 Å². The highest BCUT2D eigenvalue weighted by Gasteiger charge is 2.75. The summed E-state index contributed by atoms with van der Waals surface area (Å²) in [7, 11) is 0. The Morgan fingerprint density at radius 2 is 1.55 bits per heavy atom. The molecule has 6 rings (SSSR count). The molecule has 0 radical (unpaired) electrons. The van der Waals surface area contributed by atoms with Gasteiger partial charge < -0.3 is 24.8 Å². The second-order valence-corrected chi connectivity index (χ2v) is 12.6. The van der Waals surface area contributed by atoms with Crippen LogP contribution in [0.3, 0.4) is 0 Å². The fraction of sp³-hybridized carbons (Fsp3) is 1.00. The maximum Gasteiger partial charge on any atom is 0.157 e. The molecule has 5 heteroatoms. The first kappa shape index (κ1) is 21.3. The summed E-state index contributed by atoms with van der Waals surface area (Å²) in [6.45, 7) is 6.25. The van der Waals surface area contributed by atoms with Crippen molar-refractivity contribution in [3.05, 3.63) is 0 Å². The molecule has 5 nitrogen and oxygen atoms in total. The van der Waals surface area contributed by atoms with Gasteiger partial charge in [0, 0.05) is 12.8 Å². The standard InChI is InChI=1S/C26H42O5/c1-23-9-5-19-22(17-14-20(17)26(29)15-16(27)4-8-24(19,26)2)18(23)6-10-25(23,28)11-7-21-30-12-3-13-31-21/h16-22,27-29H,3-15H2,1-2H3/t16?,17-,18?,19?,20+,22?,23-,24+,25+,26?/m0/s1. The average molecular weight is 435 g/mol. The maximum atomic E-state index is 12.0. The Labute approximate surface area is 186 Å². The SMILES string of the molecule is C[C@]12CCC3C(C1CC[C@@]2(O)CCC1OCCCO1)[C@H]1C[C@H]1C1(O)CC(O)CC[C@]31C. The van der Waals surface area contributed by atoms with Crippen molar-refractivity contribution in [2.24, 2.45) is 40.4 Å². The Balaban J connectivity index is 1.25. The molecule has 6 fully saturated rings. The molecule has 10 atom stereocenters. The molecule has 0 aromatic carbocycles. The number of aliphatic hydroxyl groups is 3. The molecule has 3 N–H and O–H groups in total. The number of hydrogen-bond donors (Lipinski definition) is 3. The Kier molecular flexibility index (Phi) is 4.76. The predicted octanol–water partition coefficient (Wildman–Crippen LogP) is 3.64. The van der Waals surface area contributed by atoms with E-state index in [2.05, 4.69) is 13.8 Å². The largest absolute Gasteiger partial charge is 0.393 e. The molecular weight excluding hydrogens is 392 g/mol. The number of aliphatic hydroxyl groups excluding tert-OH is 1. The van der Waals surface area contributed by atoms with Gasteiger partial charge in [0.15, 0.2) is 6.29 Å². The molecule has 5 aliphatic carbocycles. The number of hydrogen-bond acceptors (Lipinski definition) is 5. The van der Waals surface area contributed by atoms with E-state index in [1.807, 2.05) is 0 Å². The molecule has 0 aromatic heterocycles. The lowest BCUT2D eigenvalue weighted by molar-refractivity contribution is -0.234. The first-order chi connectivity index (χ1) is 14.7. The third-order valence-electron chi connectivity index (χ3n) is 11.6. The summed E-state index contributed by atoms with van der Waals surface area (Å²) in [5.41, 5.74) is -1.44. The molecule has 1 heterocycles. The molecule has 0 aromatic rings. The third kappa shape index (κ3) is 2.79. The Hall–Kier alpha value is -0.200. The van der Waals surface area contributed by atoms with Gasteiger partial charge in [0.25, 0.3) is 0 Å². The van der Waals surface area contributed by atoms with E-state index in [9.17, 15) is 15.3 Å². The van der Waals surface area contributed by atoms with Gasteiger partial charge >= 0.3 is 0 Å². The van der Waals surface area contributed by atoms with Gasteiger partial charge in [0.05, 0.1) is 30.5 Å². The molecule has 6 aliphatic rings. The molecule has 0 spiro atoms. The number of fused-ring (bicyclic) bond motifs is 8. The monoisotopic (exact) mass is 434 g/mol. The summed E-state index contributed by atoms with van der Waals surface area (Å²) in [4.78, 5) is 0. The first-order valence-electron chi connectivity index (χ1n) is 13.1. The van der Waals surface area contributed by atoms with Crippen LogP contribution in [-0.2, 0) is 9.47 Å². The van der Waals surface area contributed by atoms with Crippen molar-refractivity contribution in [1.82, 2.24) is 0 Å². The fourth-order valence-corrected chi connectivity index (χ4v) is 9.77. The van der Waals surface area contributed by atoms with Crippen LogP contribution in [0, 0.1) is 40.4 Å². The smallest absolute Gasteiger partial charge is 0.157 e. The van der Waals surface area contributed by atoms with Crippen molar-refractivity contribution in [2.45, 2.75) is 108 Å². The van der Waals surface area contributed by atoms with Gasteiger partial charge in [-0.1, -0.05) is 13.8 Å². The quantitative estimate of drug-likeness (QED) is 0.632. The van der Waals surface area contributed by atoms with Gasteiger partial charge in [0.1, 0.15) is 0 Å². The van der Waals surface area contributed by atoms with Crippen LogP contribution in [0.1, 0.15) is 84.5 Å². The third-order valence-corrected chi connectivity index (χ3v) is 11.6. The normalized spacial score (nSPS) is 58.7. The highest BCUT2D eigenvalue weighted by molar-refractivity contribution is 5.24. The summed E-state index contributed by atoms with van der Waals surface area (Å²) in [5.74, 6) is 2.64. The lowest BCUT2D eigenvalue weighted by Crippen LogP contribution is -2.65. The lowest BCUT2D eigenvalue weighted by Gasteiger charge is -2.64. The topological polar surface area (TPSA) is 79.2 Å². The zero-order valence-corrected chi connectivity index (χ0v) is 19.4. The highest BCUT2D eigenvalue weighted by atomic mass is 16.7. The van der Waals surface area contributed by atoms with Gasteiger partial charge in [-0.2, -0.15) is 0 Å². The minimum absolute atomic E-state index is 0.0457. The van der Waals surface area contributed by atoms with Crippen LogP contribution in [0.2, 0.25) is 0 Å². The van der Waals surface area contributed by atoms with E-state index in [1.54, 1.807) is 0 Å². The van der Waals surface area contributed by atoms with Gasteiger partial charge in [0.2, 0.25) is 0 Å². The van der Waals surface area contributed by atoms with Crippen LogP contribution in [0.5, 0.6) is 0 Å². The molecule has 1 saturated heterocycles. The van der Waals surface area contributed by atoms with Crippen molar-refractivity contribution in [1.29, 1.82) is 0 Å². The predicted molar refractivity (Wildman–Crippen MR) is 116 cm³/mol. The van der Waals surface area contributed by atoms with E-state index in [1.165, 1.54) is 0 Å². The Morgan fingerprint density at radius 3 is 2.32 bits per heavy atom. The first-order valence-corrected chi connectivity index (χ1v) is 13.1. The Morgan fingerprint density at radius 1 is 0.871 bits per heavy atom. The second-order valence-electron chi connectivity index (χ2n) is 12.6. The van der Waals surface area contributed by atoms with E-state index in [4.69, 9.17) is 9.47 Å². The van der Waals surface area contributed by atoms with E-state index in [0.29, 0.717) is 36.0 Å². The summed E-state index contributed by atoms with van der Waals surface area (Å²) in [6.07, 6.45) is 9.64. The van der Waals surface area contributed by atoms with E-state index < -0.39 is 11.2 Å². The molecule has 1 aliphatic heterocycles. The zero-order valence-electron chi connectivity index (χ0n) is 19.4. The van der Waals surface area contributed by atoms with Crippen LogP contribution in [-0.4, -0.2) is 52.1 Å². The zero-order chi connectivity index (χ0) is 21.6. The molecule has 5 saturated carbocycles. The second kappa shape index (κ2) is 6.91. The van der Waals surface area contributed by atoms with Crippen molar-refractivity contribution in [3.8, 4) is 0 Å². The van der Waals surface area contributed by atoms with Crippen molar-refractivity contribution in [2.75, 3.05) is 13.2 Å². The lowest BCUT2D eigenvalue weighted by atomic mass is 9.43. The highest BCUT2D eigenvalue weighted by Crippen LogP contribution is 2.77. The van der Waals surface area contributed by atoms with Gasteiger partial charge in [-0.3, -0.25) is 0 Å². The molecule has 0 amide bonds. The molecule has 176 valence electrons. The summed E-state index contributed by atoms with van der Waals surface area (Å²) < 4.78 is 11.5. The van der Waals surface area contributed by atoms with Crippen LogP contribution in [0.15, 0.2) is 0 Å². The maximum absolute atomic E-state index is 12.0. The van der Waals surface area contributed by atoms with Crippen molar-refractivity contribution < 1.29 is 24.8 Å². The minimum atomic E-state index is -0.686. The van der Waals surface area contributed by atoms with Gasteiger partial charge in [-0.05, 0) is 98.2 Å². The van der Waals surface area contributed by atoms with E-state index in [-0.39, 0.29) is 23.2 Å². The number of ether oxygens (including phenoxy) is 2. The van der Waals surface area contributed by atoms with Crippen molar-refractivity contribution >= 4 is 0 Å². The molecule has 0 bridgehead atoms. The van der Waals surface area contributed by atoms with Crippen molar-refractivity contribution in [3.63, 3.8) is 0 Å². The van der Waals surface area contributed by atoms with Crippen LogP contribution < -0.4 is 0 Å². The summed E-state index contributed by atoms with van der Waals surface area (Å²) in [5, 5.41) is 34.2. The fourth-order valence-electron chi connectivity index (χ4n) is 9.77. The average Bonchev–Trinajstić information content (AvgIpc) is 3.51. The molecule has 5 unspecified atom stereocenters. The van der Waals surface area contributed by atoms with Crippen LogP contribution in [0.25, 0.3) is 0 Å². The molecular formula is C26H42O5. The van der Waals surface area contributed by atoms with E-state index >= 15 is 0 Å². The number of rotatable bonds is 3. The Bertz CT molecular complexity index is 723. The van der Waals surface area contributed by atoms with Crippen LogP contribution >= 0.6 is 0 Å². The minimum Gasteiger partial charge on any atom is -0.393 e. The summed E-state index contributed by atoms with van der Waals surface area (Å²) >= 11 is 0. The summed E-state index contributed by atoms with van der Waals surface area (Å²) in [6, 6.07) is 0. The molecule has 31 heavy (non-hydrogen) atoms. The van der Waals surface area contributed by atoms with E-state index in [0.717, 1.165) is 77.4 Å².